The van der Waals surface area contributed by atoms with Crippen molar-refractivity contribution in [2.24, 2.45) is 0 Å². The van der Waals surface area contributed by atoms with Gasteiger partial charge in [-0.05, 0) is 17.6 Å². The van der Waals surface area contributed by atoms with Crippen LogP contribution in [0.15, 0.2) is 78.9 Å². The number of aromatic hydroxyl groups is 2. The summed E-state index contributed by atoms with van der Waals surface area (Å²) in [6.45, 7) is 0.970. The SMILES string of the molecule is CC(=O)Oc1cccc(NC(=O)OC[C@]23Cc4c(O)c5c(c(O)c4[C@H](C2)OB(c2ccccc2)O3)C(=O)c2ccccc2C5=O)c1. The first-order valence-corrected chi connectivity index (χ1v) is 14.5. The Kier molecular flexibility index (Phi) is 7.10. The highest BCUT2D eigenvalue weighted by atomic mass is 16.6. The number of carbonyl (C=O) groups excluding carboxylic acids is 4. The molecule has 1 heterocycles. The van der Waals surface area contributed by atoms with E-state index in [1.54, 1.807) is 42.5 Å². The van der Waals surface area contributed by atoms with E-state index in [1.165, 1.54) is 25.1 Å². The van der Waals surface area contributed by atoms with Gasteiger partial charge in [0.2, 0.25) is 0 Å². The Morgan fingerprint density at radius 3 is 2.30 bits per heavy atom. The molecule has 230 valence electrons. The van der Waals surface area contributed by atoms with Crippen molar-refractivity contribution in [3.05, 3.63) is 112 Å². The molecule has 1 aliphatic heterocycles. The standard InChI is InChI=1S/C34H26BNO10/c1-18(37)44-21-11-7-10-20(14-21)36-33(42)43-17-34-15-24-26(25(16-34)45-35(46-34)19-8-3-2-4-9-19)32(41)28-27(31(24)40)29(38)22-12-5-6-13-23(22)30(28)39/h2-14,25,40-41H,15-17H2,1H3,(H,36,42)/t25-,34-/m0/s1. The number of nitrogens with one attached hydrogen (secondary N) is 1. The summed E-state index contributed by atoms with van der Waals surface area (Å²) in [4.78, 5) is 51.4. The summed E-state index contributed by atoms with van der Waals surface area (Å²) in [6.07, 6.45) is -1.69. The van der Waals surface area contributed by atoms with Crippen LogP contribution in [0.4, 0.5) is 10.5 Å². The summed E-state index contributed by atoms with van der Waals surface area (Å²) in [5, 5.41) is 25.8. The minimum absolute atomic E-state index is 0.0729. The van der Waals surface area contributed by atoms with Gasteiger partial charge in [0.25, 0.3) is 0 Å². The van der Waals surface area contributed by atoms with E-state index in [-0.39, 0.29) is 58.6 Å². The molecular weight excluding hydrogens is 593 g/mol. The maximum Gasteiger partial charge on any atom is 0.494 e. The van der Waals surface area contributed by atoms with Crippen LogP contribution in [-0.2, 0) is 25.3 Å². The van der Waals surface area contributed by atoms with Gasteiger partial charge >= 0.3 is 19.2 Å². The minimum Gasteiger partial charge on any atom is -0.507 e. The van der Waals surface area contributed by atoms with Crippen LogP contribution in [0.25, 0.3) is 0 Å². The van der Waals surface area contributed by atoms with E-state index in [2.05, 4.69) is 5.32 Å². The maximum atomic E-state index is 13.6. The molecule has 11 nitrogen and oxygen atoms in total. The number of benzene rings is 4. The number of hydrogen-bond donors (Lipinski definition) is 3. The Labute approximate surface area is 262 Å². The Bertz CT molecular complexity index is 1940. The Morgan fingerprint density at radius 2 is 1.61 bits per heavy atom. The molecule has 12 heteroatoms. The largest absolute Gasteiger partial charge is 0.507 e. The van der Waals surface area contributed by atoms with Crippen molar-refractivity contribution in [3.8, 4) is 17.2 Å². The van der Waals surface area contributed by atoms with Crippen molar-refractivity contribution in [1.29, 1.82) is 0 Å². The molecule has 3 N–H and O–H groups in total. The number of phenolic OH excluding ortho intramolecular Hbond substituents is 2. The van der Waals surface area contributed by atoms with E-state index in [0.29, 0.717) is 11.2 Å². The van der Waals surface area contributed by atoms with Gasteiger partial charge in [0.05, 0.1) is 22.8 Å². The molecule has 2 bridgehead atoms. The first-order chi connectivity index (χ1) is 22.1. The second-order valence-corrected chi connectivity index (χ2v) is 11.4. The van der Waals surface area contributed by atoms with Crippen LogP contribution in [0.5, 0.6) is 17.2 Å². The molecular formula is C34H26BNO10. The Hall–Kier alpha value is -5.46. The molecule has 0 radical (unpaired) electrons. The average Bonchev–Trinajstić information content (AvgIpc) is 3.04. The molecule has 0 aromatic heterocycles. The molecule has 4 aromatic rings. The summed E-state index contributed by atoms with van der Waals surface area (Å²) in [7, 11) is -0.948. The summed E-state index contributed by atoms with van der Waals surface area (Å²) < 4.78 is 23.5. The Morgan fingerprint density at radius 1 is 0.935 bits per heavy atom. The predicted octanol–water partition coefficient (Wildman–Crippen LogP) is 4.22. The lowest BCUT2D eigenvalue weighted by Crippen LogP contribution is -2.58. The third-order valence-electron chi connectivity index (χ3n) is 8.36. The van der Waals surface area contributed by atoms with Gasteiger partial charge in [0.15, 0.2) is 11.6 Å². The van der Waals surface area contributed by atoms with E-state index < -0.39 is 54.0 Å². The number of ether oxygens (including phenoxy) is 2. The van der Waals surface area contributed by atoms with Gasteiger partial charge in [-0.3, -0.25) is 19.7 Å². The second-order valence-electron chi connectivity index (χ2n) is 11.4. The van der Waals surface area contributed by atoms with Gasteiger partial charge in [0, 0.05) is 53.8 Å². The first-order valence-electron chi connectivity index (χ1n) is 14.5. The van der Waals surface area contributed by atoms with E-state index in [4.69, 9.17) is 18.8 Å². The number of anilines is 1. The van der Waals surface area contributed by atoms with Crippen LogP contribution in [0.1, 0.15) is 62.4 Å². The summed E-state index contributed by atoms with van der Waals surface area (Å²) >= 11 is 0. The molecule has 3 aliphatic rings. The van der Waals surface area contributed by atoms with E-state index in [9.17, 15) is 29.4 Å². The number of esters is 1. The zero-order valence-electron chi connectivity index (χ0n) is 24.4. The summed E-state index contributed by atoms with van der Waals surface area (Å²) in [6, 6.07) is 21.5. The van der Waals surface area contributed by atoms with Crippen LogP contribution in [0, 0.1) is 0 Å². The van der Waals surface area contributed by atoms with Crippen molar-refractivity contribution < 1.29 is 48.2 Å². The van der Waals surface area contributed by atoms with Crippen molar-refractivity contribution in [3.63, 3.8) is 0 Å². The molecule has 7 rings (SSSR count). The van der Waals surface area contributed by atoms with Crippen LogP contribution in [0.2, 0.25) is 0 Å². The number of phenols is 2. The van der Waals surface area contributed by atoms with Gasteiger partial charge in [-0.1, -0.05) is 60.7 Å². The number of amides is 1. The van der Waals surface area contributed by atoms with Crippen molar-refractivity contribution in [1.82, 2.24) is 0 Å². The third-order valence-corrected chi connectivity index (χ3v) is 8.36. The zero-order chi connectivity index (χ0) is 32.2. The number of rotatable bonds is 5. The number of ketones is 2. The lowest BCUT2D eigenvalue weighted by atomic mass is 9.68. The molecule has 2 atom stereocenters. The Balaban J connectivity index is 1.24. The van der Waals surface area contributed by atoms with Gasteiger partial charge in [-0.25, -0.2) is 4.79 Å². The zero-order valence-corrected chi connectivity index (χ0v) is 24.4. The fourth-order valence-corrected chi connectivity index (χ4v) is 6.41. The molecule has 0 saturated carbocycles. The van der Waals surface area contributed by atoms with Crippen LogP contribution in [0.3, 0.4) is 0 Å². The van der Waals surface area contributed by atoms with Crippen molar-refractivity contribution >= 4 is 41.9 Å². The molecule has 1 saturated heterocycles. The molecule has 1 amide bonds. The lowest BCUT2D eigenvalue weighted by molar-refractivity contribution is -0.131. The lowest BCUT2D eigenvalue weighted by Gasteiger charge is -2.48. The maximum absolute atomic E-state index is 13.6. The highest BCUT2D eigenvalue weighted by Gasteiger charge is 2.53. The van der Waals surface area contributed by atoms with Crippen molar-refractivity contribution in [2.75, 3.05) is 11.9 Å². The molecule has 1 fully saturated rings. The minimum atomic E-state index is -1.26. The third kappa shape index (κ3) is 4.97. The summed E-state index contributed by atoms with van der Waals surface area (Å²) in [5.74, 6) is -2.34. The monoisotopic (exact) mass is 619 g/mol. The quantitative estimate of drug-likeness (QED) is 0.113. The molecule has 46 heavy (non-hydrogen) atoms. The van der Waals surface area contributed by atoms with Gasteiger partial charge in [-0.2, -0.15) is 0 Å². The molecule has 2 aliphatic carbocycles. The summed E-state index contributed by atoms with van der Waals surface area (Å²) in [5.41, 5.74) is -0.241. The molecule has 0 unspecified atom stereocenters. The molecule has 4 aromatic carbocycles. The van der Waals surface area contributed by atoms with E-state index >= 15 is 0 Å². The van der Waals surface area contributed by atoms with E-state index in [0.717, 1.165) is 0 Å². The highest BCUT2D eigenvalue weighted by molar-refractivity contribution is 6.61. The van der Waals surface area contributed by atoms with Crippen molar-refractivity contribution in [2.45, 2.75) is 31.5 Å². The van der Waals surface area contributed by atoms with Gasteiger partial charge in [0.1, 0.15) is 23.9 Å². The van der Waals surface area contributed by atoms with Crippen LogP contribution < -0.4 is 15.5 Å². The van der Waals surface area contributed by atoms with E-state index in [1.807, 2.05) is 18.2 Å². The average molecular weight is 619 g/mol. The normalized spacial score (nSPS) is 19.4. The number of fused-ring (bicyclic) bond motifs is 6. The fourth-order valence-electron chi connectivity index (χ4n) is 6.41. The fraction of sp³-hybridized carbons (Fsp3) is 0.176. The number of hydrogen-bond acceptors (Lipinski definition) is 10. The topological polar surface area (TPSA) is 158 Å². The molecule has 0 spiro atoms. The van der Waals surface area contributed by atoms with Crippen LogP contribution in [-0.4, -0.2) is 53.2 Å². The second kappa shape index (κ2) is 11.2. The highest BCUT2D eigenvalue weighted by Crippen LogP contribution is 2.53. The number of carbonyl (C=O) groups is 4. The first kappa shape index (κ1) is 29.3. The predicted molar refractivity (Wildman–Crippen MR) is 164 cm³/mol. The van der Waals surface area contributed by atoms with Gasteiger partial charge in [-0.15, -0.1) is 0 Å². The van der Waals surface area contributed by atoms with Crippen LogP contribution >= 0.6 is 0 Å². The van der Waals surface area contributed by atoms with Gasteiger partial charge < -0.3 is 29.0 Å². The smallest absolute Gasteiger partial charge is 0.494 e.